The molecule has 4 nitrogen and oxygen atoms in total. The molecule has 25 heavy (non-hydrogen) atoms. The molecule has 0 atom stereocenters. The van der Waals surface area contributed by atoms with Gasteiger partial charge in [-0.25, -0.2) is 0 Å². The number of benzene rings is 2. The third kappa shape index (κ3) is 3.54. The van der Waals surface area contributed by atoms with Gasteiger partial charge in [0.1, 0.15) is 17.9 Å². The zero-order valence-electron chi connectivity index (χ0n) is 15.2. The number of carbonyl (C=O) groups excluding carboxylic acids is 1. The van der Waals surface area contributed by atoms with Crippen molar-refractivity contribution in [3.63, 3.8) is 0 Å². The van der Waals surface area contributed by atoms with Crippen LogP contribution in [0.1, 0.15) is 11.1 Å². The van der Waals surface area contributed by atoms with Crippen molar-refractivity contribution >= 4 is 5.91 Å². The van der Waals surface area contributed by atoms with Crippen molar-refractivity contribution in [2.75, 3.05) is 34.3 Å². The molecule has 2 aromatic rings. The van der Waals surface area contributed by atoms with Gasteiger partial charge in [-0.1, -0.05) is 42.5 Å². The van der Waals surface area contributed by atoms with Crippen molar-refractivity contribution in [3.05, 3.63) is 65.7 Å². The second kappa shape index (κ2) is 7.28. The summed E-state index contributed by atoms with van der Waals surface area (Å²) in [5.41, 5.74) is 2.06. The standard InChI is InChI=1S/C21H26N2O2/c1-22(2)21(15-17-9-7-8-10-18(17)16-21)20(24)23(3)13-14-25-19-11-5-4-6-12-19/h4-12H,13-16H2,1-3H3. The lowest BCUT2D eigenvalue weighted by atomic mass is 9.92. The fourth-order valence-electron chi connectivity index (χ4n) is 3.53. The molecule has 0 aromatic heterocycles. The summed E-state index contributed by atoms with van der Waals surface area (Å²) < 4.78 is 5.74. The van der Waals surface area contributed by atoms with Gasteiger partial charge < -0.3 is 9.64 Å². The summed E-state index contributed by atoms with van der Waals surface area (Å²) in [7, 11) is 5.86. The summed E-state index contributed by atoms with van der Waals surface area (Å²) in [6.07, 6.45) is 1.53. The average molecular weight is 338 g/mol. The predicted octanol–water partition coefficient (Wildman–Crippen LogP) is 2.62. The monoisotopic (exact) mass is 338 g/mol. The molecule has 0 N–H and O–H groups in total. The first kappa shape index (κ1) is 17.5. The molecule has 0 bridgehead atoms. The minimum atomic E-state index is -0.495. The first-order valence-electron chi connectivity index (χ1n) is 8.70. The first-order chi connectivity index (χ1) is 12.0. The molecule has 0 heterocycles. The van der Waals surface area contributed by atoms with Gasteiger partial charge in [-0.15, -0.1) is 0 Å². The molecule has 0 unspecified atom stereocenters. The number of hydrogen-bond donors (Lipinski definition) is 0. The Bertz CT molecular complexity index is 703. The van der Waals surface area contributed by atoms with Gasteiger partial charge in [0.25, 0.3) is 0 Å². The van der Waals surface area contributed by atoms with E-state index in [2.05, 4.69) is 17.0 Å². The van der Waals surface area contributed by atoms with E-state index < -0.39 is 5.54 Å². The normalized spacial score (nSPS) is 15.0. The van der Waals surface area contributed by atoms with Crippen molar-refractivity contribution in [1.82, 2.24) is 9.80 Å². The van der Waals surface area contributed by atoms with Crippen LogP contribution in [0.3, 0.4) is 0 Å². The van der Waals surface area contributed by atoms with Crippen LogP contribution in [0.25, 0.3) is 0 Å². The first-order valence-corrected chi connectivity index (χ1v) is 8.70. The fourth-order valence-corrected chi connectivity index (χ4v) is 3.53. The van der Waals surface area contributed by atoms with Crippen LogP contribution in [0.5, 0.6) is 5.75 Å². The largest absolute Gasteiger partial charge is 0.492 e. The van der Waals surface area contributed by atoms with Crippen LogP contribution in [-0.2, 0) is 17.6 Å². The van der Waals surface area contributed by atoms with Crippen molar-refractivity contribution in [1.29, 1.82) is 0 Å². The van der Waals surface area contributed by atoms with Crippen LogP contribution in [-0.4, -0.2) is 55.5 Å². The minimum absolute atomic E-state index is 0.158. The molecular weight excluding hydrogens is 312 g/mol. The molecule has 3 rings (SSSR count). The molecule has 4 heteroatoms. The number of amides is 1. The second-order valence-electron chi connectivity index (χ2n) is 6.94. The maximum Gasteiger partial charge on any atom is 0.243 e. The number of rotatable bonds is 6. The molecule has 0 radical (unpaired) electrons. The van der Waals surface area contributed by atoms with Crippen molar-refractivity contribution in [2.24, 2.45) is 0 Å². The third-order valence-corrected chi connectivity index (χ3v) is 5.12. The van der Waals surface area contributed by atoms with E-state index in [1.807, 2.05) is 63.6 Å². The fraction of sp³-hybridized carbons (Fsp3) is 0.381. The summed E-state index contributed by atoms with van der Waals surface area (Å²) >= 11 is 0. The van der Waals surface area contributed by atoms with Gasteiger partial charge in [0.05, 0.1) is 6.54 Å². The van der Waals surface area contributed by atoms with Crippen LogP contribution in [0.4, 0.5) is 0 Å². The summed E-state index contributed by atoms with van der Waals surface area (Å²) in [4.78, 5) is 17.1. The van der Waals surface area contributed by atoms with E-state index in [-0.39, 0.29) is 5.91 Å². The lowest BCUT2D eigenvalue weighted by Gasteiger charge is -2.38. The number of carbonyl (C=O) groups is 1. The van der Waals surface area contributed by atoms with Crippen LogP contribution >= 0.6 is 0 Å². The Kier molecular flexibility index (Phi) is 5.09. The van der Waals surface area contributed by atoms with Crippen molar-refractivity contribution in [3.8, 4) is 5.75 Å². The number of likely N-dealkylation sites (N-methyl/N-ethyl adjacent to an activating group) is 2. The molecule has 132 valence electrons. The van der Waals surface area contributed by atoms with E-state index in [0.29, 0.717) is 13.2 Å². The maximum atomic E-state index is 13.2. The summed E-state index contributed by atoms with van der Waals surface area (Å²) in [5.74, 6) is 0.990. The van der Waals surface area contributed by atoms with E-state index in [1.165, 1.54) is 11.1 Å². The number of para-hydroxylation sites is 1. The smallest absolute Gasteiger partial charge is 0.243 e. The maximum absolute atomic E-state index is 13.2. The van der Waals surface area contributed by atoms with Crippen LogP contribution in [0.15, 0.2) is 54.6 Å². The number of ether oxygens (including phenoxy) is 1. The van der Waals surface area contributed by atoms with E-state index in [1.54, 1.807) is 4.90 Å². The highest BCUT2D eigenvalue weighted by atomic mass is 16.5. The molecule has 0 spiro atoms. The van der Waals surface area contributed by atoms with E-state index in [9.17, 15) is 4.79 Å². The number of nitrogens with zero attached hydrogens (tertiary/aromatic N) is 2. The SMILES string of the molecule is CN(CCOc1ccccc1)C(=O)C1(N(C)C)Cc2ccccc2C1. The Morgan fingerprint density at radius 1 is 0.960 bits per heavy atom. The van der Waals surface area contributed by atoms with Gasteiger partial charge in [-0.3, -0.25) is 9.69 Å². The minimum Gasteiger partial charge on any atom is -0.492 e. The van der Waals surface area contributed by atoms with Gasteiger partial charge in [-0.05, 0) is 37.4 Å². The summed E-state index contributed by atoms with van der Waals surface area (Å²) in [5, 5.41) is 0. The molecule has 0 aliphatic heterocycles. The molecular formula is C21H26N2O2. The van der Waals surface area contributed by atoms with E-state index in [0.717, 1.165) is 18.6 Å². The molecule has 0 saturated heterocycles. The molecule has 0 saturated carbocycles. The lowest BCUT2D eigenvalue weighted by molar-refractivity contribution is -0.141. The van der Waals surface area contributed by atoms with E-state index >= 15 is 0 Å². The zero-order chi connectivity index (χ0) is 17.9. The number of hydrogen-bond acceptors (Lipinski definition) is 3. The topological polar surface area (TPSA) is 32.8 Å². The van der Waals surface area contributed by atoms with Crippen molar-refractivity contribution < 1.29 is 9.53 Å². The zero-order valence-corrected chi connectivity index (χ0v) is 15.2. The van der Waals surface area contributed by atoms with Crippen LogP contribution < -0.4 is 4.74 Å². The Morgan fingerprint density at radius 3 is 2.08 bits per heavy atom. The lowest BCUT2D eigenvalue weighted by Crippen LogP contribution is -2.57. The molecule has 2 aromatic carbocycles. The molecule has 1 amide bonds. The highest BCUT2D eigenvalue weighted by Crippen LogP contribution is 2.34. The van der Waals surface area contributed by atoms with Gasteiger partial charge in [0.15, 0.2) is 0 Å². The molecule has 1 aliphatic rings. The number of fused-ring (bicyclic) bond motifs is 1. The highest BCUT2D eigenvalue weighted by molar-refractivity contribution is 5.88. The second-order valence-corrected chi connectivity index (χ2v) is 6.94. The Morgan fingerprint density at radius 2 is 1.52 bits per heavy atom. The molecule has 0 fully saturated rings. The summed E-state index contributed by atoms with van der Waals surface area (Å²) in [6, 6.07) is 18.1. The van der Waals surface area contributed by atoms with Crippen LogP contribution in [0, 0.1) is 0 Å². The van der Waals surface area contributed by atoms with Crippen molar-refractivity contribution in [2.45, 2.75) is 18.4 Å². The van der Waals surface area contributed by atoms with Gasteiger partial charge >= 0.3 is 0 Å². The Balaban J connectivity index is 1.65. The third-order valence-electron chi connectivity index (χ3n) is 5.12. The predicted molar refractivity (Wildman–Crippen MR) is 99.8 cm³/mol. The molecule has 1 aliphatic carbocycles. The quantitative estimate of drug-likeness (QED) is 0.812. The summed E-state index contributed by atoms with van der Waals surface area (Å²) in [6.45, 7) is 1.06. The Hall–Kier alpha value is -2.33. The Labute approximate surface area is 150 Å². The van der Waals surface area contributed by atoms with Gasteiger partial charge in [-0.2, -0.15) is 0 Å². The van der Waals surface area contributed by atoms with E-state index in [4.69, 9.17) is 4.74 Å². The average Bonchev–Trinajstić information content (AvgIpc) is 3.03. The van der Waals surface area contributed by atoms with Gasteiger partial charge in [0.2, 0.25) is 5.91 Å². The van der Waals surface area contributed by atoms with Gasteiger partial charge in [0, 0.05) is 19.9 Å². The highest BCUT2D eigenvalue weighted by Gasteiger charge is 2.46. The van der Waals surface area contributed by atoms with Crippen LogP contribution in [0.2, 0.25) is 0 Å².